The lowest BCUT2D eigenvalue weighted by atomic mass is 10.1. The molecule has 19 heavy (non-hydrogen) atoms. The second-order valence-electron chi connectivity index (χ2n) is 4.73. The van der Waals surface area contributed by atoms with E-state index in [-0.39, 0.29) is 6.61 Å². The van der Waals surface area contributed by atoms with Gasteiger partial charge in [-0.15, -0.1) is 0 Å². The first kappa shape index (κ1) is 16.1. The molecule has 0 bridgehead atoms. The lowest BCUT2D eigenvalue weighted by molar-refractivity contribution is 0.136. The predicted molar refractivity (Wildman–Crippen MR) is 84.2 cm³/mol. The maximum Gasteiger partial charge on any atom is 0.103 e. The minimum Gasteiger partial charge on any atom is -0.395 e. The van der Waals surface area contributed by atoms with E-state index in [0.29, 0.717) is 17.6 Å². The maximum atomic E-state index is 9.20. The van der Waals surface area contributed by atoms with Gasteiger partial charge in [0, 0.05) is 24.7 Å². The second kappa shape index (κ2) is 8.25. The summed E-state index contributed by atoms with van der Waals surface area (Å²) in [5.41, 5.74) is 7.71. The molecule has 0 saturated carbocycles. The molecule has 0 aliphatic rings. The van der Waals surface area contributed by atoms with E-state index in [1.165, 1.54) is 5.56 Å². The first-order valence-corrected chi connectivity index (χ1v) is 7.26. The number of rotatable bonds is 8. The molecule has 0 saturated heterocycles. The zero-order valence-corrected chi connectivity index (χ0v) is 12.6. The Kier molecular flexibility index (Phi) is 6.99. The minimum absolute atomic E-state index is 0.196. The molecule has 0 aliphatic carbocycles. The van der Waals surface area contributed by atoms with Crippen LogP contribution in [0.2, 0.25) is 0 Å². The van der Waals surface area contributed by atoms with Gasteiger partial charge in [-0.1, -0.05) is 50.3 Å². The predicted octanol–water partition coefficient (Wildman–Crippen LogP) is 2.30. The number of benzene rings is 1. The first-order chi connectivity index (χ1) is 9.12. The van der Waals surface area contributed by atoms with Crippen molar-refractivity contribution in [3.8, 4) is 0 Å². The Bertz CT molecular complexity index is 388. The summed E-state index contributed by atoms with van der Waals surface area (Å²) in [6.45, 7) is 6.14. The van der Waals surface area contributed by atoms with Gasteiger partial charge >= 0.3 is 0 Å². The standard InChI is InChI=1S/C15H24N2OS/c1-3-14(4-2)17(9-10-18)11-12-5-7-13(8-6-12)15(16)19/h5-8,14,18H,3-4,9-11H2,1-2H3,(H2,16,19). The van der Waals surface area contributed by atoms with Crippen molar-refractivity contribution >= 4 is 17.2 Å². The Hall–Kier alpha value is -0.970. The van der Waals surface area contributed by atoms with Crippen molar-refractivity contribution in [1.29, 1.82) is 0 Å². The fourth-order valence-corrected chi connectivity index (χ4v) is 2.47. The van der Waals surface area contributed by atoms with Gasteiger partial charge in [-0.05, 0) is 18.4 Å². The number of hydrogen-bond donors (Lipinski definition) is 2. The minimum atomic E-state index is 0.196. The molecule has 4 heteroatoms. The molecular formula is C15H24N2OS. The Morgan fingerprint density at radius 1 is 1.26 bits per heavy atom. The van der Waals surface area contributed by atoms with Crippen LogP contribution in [0.3, 0.4) is 0 Å². The third-order valence-electron chi connectivity index (χ3n) is 3.47. The molecular weight excluding hydrogens is 256 g/mol. The van der Waals surface area contributed by atoms with Gasteiger partial charge < -0.3 is 10.8 Å². The molecule has 0 atom stereocenters. The van der Waals surface area contributed by atoms with E-state index in [1.54, 1.807) is 0 Å². The third-order valence-corrected chi connectivity index (χ3v) is 3.71. The third kappa shape index (κ3) is 4.90. The summed E-state index contributed by atoms with van der Waals surface area (Å²) in [6.07, 6.45) is 2.20. The number of nitrogens with zero attached hydrogens (tertiary/aromatic N) is 1. The molecule has 0 aliphatic heterocycles. The summed E-state index contributed by atoms with van der Waals surface area (Å²) in [4.78, 5) is 2.76. The molecule has 0 radical (unpaired) electrons. The van der Waals surface area contributed by atoms with Crippen molar-refractivity contribution in [2.24, 2.45) is 5.73 Å². The Labute approximate surface area is 121 Å². The smallest absolute Gasteiger partial charge is 0.103 e. The first-order valence-electron chi connectivity index (χ1n) is 6.86. The van der Waals surface area contributed by atoms with Gasteiger partial charge in [0.15, 0.2) is 0 Å². The highest BCUT2D eigenvalue weighted by Crippen LogP contribution is 2.14. The fourth-order valence-electron chi connectivity index (χ4n) is 2.33. The number of hydrogen-bond acceptors (Lipinski definition) is 3. The van der Waals surface area contributed by atoms with E-state index in [4.69, 9.17) is 18.0 Å². The monoisotopic (exact) mass is 280 g/mol. The van der Waals surface area contributed by atoms with Gasteiger partial charge in [-0.25, -0.2) is 0 Å². The highest BCUT2D eigenvalue weighted by molar-refractivity contribution is 7.80. The molecule has 0 unspecified atom stereocenters. The largest absolute Gasteiger partial charge is 0.395 e. The molecule has 0 heterocycles. The molecule has 3 N–H and O–H groups in total. The van der Waals surface area contributed by atoms with Crippen molar-refractivity contribution < 1.29 is 5.11 Å². The van der Waals surface area contributed by atoms with Gasteiger partial charge in [-0.3, -0.25) is 4.90 Å². The highest BCUT2D eigenvalue weighted by atomic mass is 32.1. The van der Waals surface area contributed by atoms with Crippen LogP contribution in [0.1, 0.15) is 37.8 Å². The molecule has 1 aromatic carbocycles. The molecule has 1 rings (SSSR count). The van der Waals surface area contributed by atoms with E-state index in [2.05, 4.69) is 30.9 Å². The van der Waals surface area contributed by atoms with Crippen LogP contribution < -0.4 is 5.73 Å². The topological polar surface area (TPSA) is 49.5 Å². The summed E-state index contributed by atoms with van der Waals surface area (Å²) in [5, 5.41) is 9.20. The number of aliphatic hydroxyl groups excluding tert-OH is 1. The quantitative estimate of drug-likeness (QED) is 0.717. The molecule has 0 aromatic heterocycles. The summed E-state index contributed by atoms with van der Waals surface area (Å²) in [6, 6.07) is 8.55. The Morgan fingerprint density at radius 2 is 1.84 bits per heavy atom. The molecule has 3 nitrogen and oxygen atoms in total. The van der Waals surface area contributed by atoms with Crippen LogP contribution in [0, 0.1) is 0 Å². The normalized spacial score (nSPS) is 11.2. The van der Waals surface area contributed by atoms with Crippen LogP contribution in [-0.4, -0.2) is 34.2 Å². The van der Waals surface area contributed by atoms with Gasteiger partial charge in [-0.2, -0.15) is 0 Å². The van der Waals surface area contributed by atoms with E-state index >= 15 is 0 Å². The average Bonchev–Trinajstić information content (AvgIpc) is 2.41. The zero-order chi connectivity index (χ0) is 14.3. The number of nitrogens with two attached hydrogens (primary N) is 1. The number of thiocarbonyl (C=S) groups is 1. The summed E-state index contributed by atoms with van der Waals surface area (Å²) < 4.78 is 0. The van der Waals surface area contributed by atoms with Gasteiger partial charge in [0.05, 0.1) is 6.61 Å². The van der Waals surface area contributed by atoms with E-state index in [1.807, 2.05) is 12.1 Å². The van der Waals surface area contributed by atoms with Crippen molar-refractivity contribution in [2.75, 3.05) is 13.2 Å². The lowest BCUT2D eigenvalue weighted by Crippen LogP contribution is -2.36. The van der Waals surface area contributed by atoms with Crippen LogP contribution in [0.4, 0.5) is 0 Å². The Morgan fingerprint density at radius 3 is 2.26 bits per heavy atom. The Balaban J connectivity index is 2.75. The zero-order valence-electron chi connectivity index (χ0n) is 11.8. The van der Waals surface area contributed by atoms with Crippen molar-refractivity contribution in [1.82, 2.24) is 4.90 Å². The fraction of sp³-hybridized carbons (Fsp3) is 0.533. The van der Waals surface area contributed by atoms with Gasteiger partial charge in [0.2, 0.25) is 0 Å². The van der Waals surface area contributed by atoms with E-state index < -0.39 is 0 Å². The van der Waals surface area contributed by atoms with E-state index in [0.717, 1.165) is 24.9 Å². The summed E-state index contributed by atoms with van der Waals surface area (Å²) in [7, 11) is 0. The van der Waals surface area contributed by atoms with Gasteiger partial charge in [0.25, 0.3) is 0 Å². The van der Waals surface area contributed by atoms with Crippen LogP contribution in [0.5, 0.6) is 0 Å². The van der Waals surface area contributed by atoms with Crippen LogP contribution >= 0.6 is 12.2 Å². The SMILES string of the molecule is CCC(CC)N(CCO)Cc1ccc(C(N)=S)cc1. The summed E-state index contributed by atoms with van der Waals surface area (Å²) in [5.74, 6) is 0. The van der Waals surface area contributed by atoms with Crippen LogP contribution in [0.15, 0.2) is 24.3 Å². The van der Waals surface area contributed by atoms with Crippen LogP contribution in [-0.2, 0) is 6.54 Å². The van der Waals surface area contributed by atoms with E-state index in [9.17, 15) is 5.11 Å². The molecule has 0 amide bonds. The maximum absolute atomic E-state index is 9.20. The summed E-state index contributed by atoms with van der Waals surface area (Å²) >= 11 is 4.95. The lowest BCUT2D eigenvalue weighted by Gasteiger charge is -2.29. The van der Waals surface area contributed by atoms with Crippen LogP contribution in [0.25, 0.3) is 0 Å². The molecule has 1 aromatic rings. The average molecular weight is 280 g/mol. The second-order valence-corrected chi connectivity index (χ2v) is 5.17. The molecule has 0 spiro atoms. The molecule has 0 fully saturated rings. The highest BCUT2D eigenvalue weighted by Gasteiger charge is 2.14. The van der Waals surface area contributed by atoms with Crippen molar-refractivity contribution in [2.45, 2.75) is 39.3 Å². The van der Waals surface area contributed by atoms with Crippen molar-refractivity contribution in [3.05, 3.63) is 35.4 Å². The van der Waals surface area contributed by atoms with Gasteiger partial charge in [0.1, 0.15) is 4.99 Å². The number of aliphatic hydroxyl groups is 1. The van der Waals surface area contributed by atoms with Crippen molar-refractivity contribution in [3.63, 3.8) is 0 Å². The molecule has 106 valence electrons.